The molecule has 0 amide bonds. The summed E-state index contributed by atoms with van der Waals surface area (Å²) in [6.07, 6.45) is 6.64. The molecule has 6 aromatic carbocycles. The van der Waals surface area contributed by atoms with Gasteiger partial charge >= 0.3 is 0 Å². The van der Waals surface area contributed by atoms with E-state index in [1.54, 1.807) is 0 Å². The van der Waals surface area contributed by atoms with Crippen LogP contribution in [0.15, 0.2) is 156 Å². The van der Waals surface area contributed by atoms with Crippen LogP contribution in [0.4, 0.5) is 0 Å². The molecule has 0 saturated carbocycles. The summed E-state index contributed by atoms with van der Waals surface area (Å²) in [4.78, 5) is 14.8. The van der Waals surface area contributed by atoms with Gasteiger partial charge in [-0.05, 0) is 48.7 Å². The molecule has 3 aromatic heterocycles. The minimum absolute atomic E-state index is 0.601. The van der Waals surface area contributed by atoms with Gasteiger partial charge in [-0.15, -0.1) is 0 Å². The molecule has 3 heterocycles. The highest BCUT2D eigenvalue weighted by Crippen LogP contribution is 2.43. The first kappa shape index (κ1) is 28.4. The summed E-state index contributed by atoms with van der Waals surface area (Å²) >= 11 is 0. The molecule has 0 bridgehead atoms. The summed E-state index contributed by atoms with van der Waals surface area (Å²) < 4.78 is 9.10. The summed E-state index contributed by atoms with van der Waals surface area (Å²) in [6.45, 7) is 0. The normalized spacial score (nSPS) is 12.6. The van der Waals surface area contributed by atoms with Crippen LogP contribution in [0.2, 0.25) is 0 Å². The van der Waals surface area contributed by atoms with Crippen LogP contribution in [0.3, 0.4) is 0 Å². The Labute approximate surface area is 288 Å². The van der Waals surface area contributed by atoms with Crippen LogP contribution >= 0.6 is 0 Å². The summed E-state index contributed by atoms with van der Waals surface area (Å²) in [5.74, 6) is 1.87. The molecule has 5 heteroatoms. The molecule has 0 N–H and O–H groups in total. The third-order valence-electron chi connectivity index (χ3n) is 9.72. The largest absolute Gasteiger partial charge is 0.456 e. The summed E-state index contributed by atoms with van der Waals surface area (Å²) in [7, 11) is 0. The number of allylic oxidation sites excluding steroid dienone is 1. The molecular formula is C45H30N4O. The van der Waals surface area contributed by atoms with Gasteiger partial charge in [0.15, 0.2) is 17.5 Å². The van der Waals surface area contributed by atoms with Crippen molar-refractivity contribution < 1.29 is 4.42 Å². The smallest absolute Gasteiger partial charge is 0.164 e. The lowest BCUT2D eigenvalue weighted by atomic mass is 9.96. The maximum absolute atomic E-state index is 6.63. The van der Waals surface area contributed by atoms with E-state index >= 15 is 0 Å². The summed E-state index contributed by atoms with van der Waals surface area (Å²) in [5.41, 5.74) is 11.8. The van der Waals surface area contributed by atoms with E-state index in [0.29, 0.717) is 17.5 Å². The lowest BCUT2D eigenvalue weighted by Gasteiger charge is -2.15. The highest BCUT2D eigenvalue weighted by Gasteiger charge is 2.23. The first-order valence-corrected chi connectivity index (χ1v) is 17.0. The molecule has 50 heavy (non-hydrogen) atoms. The number of hydrogen-bond donors (Lipinski definition) is 0. The van der Waals surface area contributed by atoms with Gasteiger partial charge in [0.1, 0.15) is 11.2 Å². The second kappa shape index (κ2) is 11.5. The van der Waals surface area contributed by atoms with E-state index < -0.39 is 0 Å². The van der Waals surface area contributed by atoms with Crippen molar-refractivity contribution in [2.24, 2.45) is 0 Å². The van der Waals surface area contributed by atoms with Crippen LogP contribution in [0, 0.1) is 0 Å². The fraction of sp³-hybridized carbons (Fsp3) is 0.0444. The molecule has 9 aromatic rings. The minimum Gasteiger partial charge on any atom is -0.456 e. The van der Waals surface area contributed by atoms with Crippen molar-refractivity contribution in [3.8, 4) is 51.0 Å². The van der Waals surface area contributed by atoms with E-state index in [1.807, 2.05) is 60.7 Å². The molecule has 0 saturated heterocycles. The average molecular weight is 643 g/mol. The SMILES string of the molecule is C1=Cc2c(n(-c3ccccc3)c3c(-c4cccc5oc6cc(-c7nc(-c8ccccc8)nc(-c8ccccc8)n7)ccc6c45)cccc23)CC1. The van der Waals surface area contributed by atoms with E-state index in [0.717, 1.165) is 57.0 Å². The number of furan rings is 1. The molecule has 1 aliphatic carbocycles. The second-order valence-electron chi connectivity index (χ2n) is 12.7. The van der Waals surface area contributed by atoms with Crippen molar-refractivity contribution in [1.29, 1.82) is 0 Å². The molecule has 0 spiro atoms. The first-order chi connectivity index (χ1) is 24.8. The highest BCUT2D eigenvalue weighted by atomic mass is 16.3. The molecule has 236 valence electrons. The van der Waals surface area contributed by atoms with Gasteiger partial charge in [-0.25, -0.2) is 15.0 Å². The van der Waals surface area contributed by atoms with Gasteiger partial charge in [0.2, 0.25) is 0 Å². The Hall–Kier alpha value is -6.59. The molecule has 0 aliphatic heterocycles. The van der Waals surface area contributed by atoms with Crippen LogP contribution in [0.5, 0.6) is 0 Å². The molecule has 1 aliphatic rings. The lowest BCUT2D eigenvalue weighted by Crippen LogP contribution is -2.03. The van der Waals surface area contributed by atoms with Gasteiger partial charge in [0, 0.05) is 55.4 Å². The van der Waals surface area contributed by atoms with Gasteiger partial charge in [-0.1, -0.05) is 127 Å². The minimum atomic E-state index is 0.601. The summed E-state index contributed by atoms with van der Waals surface area (Å²) in [5, 5.41) is 3.42. The highest BCUT2D eigenvalue weighted by molar-refractivity contribution is 6.16. The standard InChI is InChI=1S/C45H30N4O/c1-4-14-29(15-5-1)43-46-44(30-16-6-2-7-17-30)48-45(47-43)31-26-27-37-40(28-31)50-39-25-13-21-34(41(37)39)36-23-12-22-35-33-20-10-11-24-38(33)49(42(35)36)32-18-8-3-9-19-32/h1-10,12-23,25-28H,11,24H2. The van der Waals surface area contributed by atoms with Crippen LogP contribution in [0.25, 0.3) is 89.9 Å². The number of para-hydroxylation sites is 2. The quantitative estimate of drug-likeness (QED) is 0.187. The third kappa shape index (κ3) is 4.59. The van der Waals surface area contributed by atoms with E-state index in [1.165, 1.54) is 33.4 Å². The van der Waals surface area contributed by atoms with Crippen LogP contribution < -0.4 is 0 Å². The van der Waals surface area contributed by atoms with Crippen molar-refractivity contribution >= 4 is 38.9 Å². The number of hydrogen-bond acceptors (Lipinski definition) is 4. The zero-order valence-corrected chi connectivity index (χ0v) is 27.1. The molecule has 0 radical (unpaired) electrons. The summed E-state index contributed by atoms with van der Waals surface area (Å²) in [6, 6.07) is 50.2. The number of benzene rings is 6. The fourth-order valence-electron chi connectivity index (χ4n) is 7.47. The predicted molar refractivity (Wildman–Crippen MR) is 203 cm³/mol. The molecule has 5 nitrogen and oxygen atoms in total. The second-order valence-corrected chi connectivity index (χ2v) is 12.7. The van der Waals surface area contributed by atoms with E-state index in [-0.39, 0.29) is 0 Å². The number of aromatic nitrogens is 4. The van der Waals surface area contributed by atoms with Crippen LogP contribution in [-0.2, 0) is 6.42 Å². The fourth-order valence-corrected chi connectivity index (χ4v) is 7.47. The Bertz CT molecular complexity index is 2690. The van der Waals surface area contributed by atoms with Crippen LogP contribution in [-0.4, -0.2) is 19.5 Å². The Morgan fingerprint density at radius 2 is 1.16 bits per heavy atom. The average Bonchev–Trinajstić information content (AvgIpc) is 3.74. The maximum Gasteiger partial charge on any atom is 0.164 e. The molecule has 0 unspecified atom stereocenters. The zero-order valence-electron chi connectivity index (χ0n) is 27.1. The Balaban J connectivity index is 1.17. The number of nitrogens with zero attached hydrogens (tertiary/aromatic N) is 4. The van der Waals surface area contributed by atoms with E-state index in [9.17, 15) is 0 Å². The number of fused-ring (bicyclic) bond motifs is 6. The van der Waals surface area contributed by atoms with Gasteiger partial charge in [-0.2, -0.15) is 0 Å². The van der Waals surface area contributed by atoms with Gasteiger partial charge in [0.05, 0.1) is 5.52 Å². The molecular weight excluding hydrogens is 613 g/mol. The number of rotatable bonds is 5. The van der Waals surface area contributed by atoms with E-state index in [2.05, 4.69) is 102 Å². The first-order valence-electron chi connectivity index (χ1n) is 17.0. The maximum atomic E-state index is 6.63. The lowest BCUT2D eigenvalue weighted by molar-refractivity contribution is 0.669. The van der Waals surface area contributed by atoms with E-state index in [4.69, 9.17) is 19.4 Å². The Kier molecular flexibility index (Phi) is 6.56. The van der Waals surface area contributed by atoms with Gasteiger partial charge in [-0.3, -0.25) is 0 Å². The zero-order chi connectivity index (χ0) is 33.0. The predicted octanol–water partition coefficient (Wildman–Crippen LogP) is 11.3. The van der Waals surface area contributed by atoms with Crippen molar-refractivity contribution in [2.75, 3.05) is 0 Å². The third-order valence-corrected chi connectivity index (χ3v) is 9.72. The van der Waals surface area contributed by atoms with Crippen LogP contribution in [0.1, 0.15) is 17.7 Å². The van der Waals surface area contributed by atoms with Crippen molar-refractivity contribution in [3.05, 3.63) is 163 Å². The Morgan fingerprint density at radius 1 is 0.520 bits per heavy atom. The molecule has 0 atom stereocenters. The molecule has 0 fully saturated rings. The Morgan fingerprint density at radius 3 is 1.88 bits per heavy atom. The van der Waals surface area contributed by atoms with Crippen molar-refractivity contribution in [2.45, 2.75) is 12.8 Å². The van der Waals surface area contributed by atoms with Crippen molar-refractivity contribution in [1.82, 2.24) is 19.5 Å². The topological polar surface area (TPSA) is 56.7 Å². The monoisotopic (exact) mass is 642 g/mol. The van der Waals surface area contributed by atoms with Crippen molar-refractivity contribution in [3.63, 3.8) is 0 Å². The van der Waals surface area contributed by atoms with Gasteiger partial charge < -0.3 is 8.98 Å². The molecule has 10 rings (SSSR count). The van der Waals surface area contributed by atoms with Gasteiger partial charge in [0.25, 0.3) is 0 Å².